The van der Waals surface area contributed by atoms with Crippen LogP contribution in [0, 0.1) is 23.2 Å². The van der Waals surface area contributed by atoms with Crippen LogP contribution in [0.15, 0.2) is 35.5 Å². The van der Waals surface area contributed by atoms with Crippen LogP contribution in [0.25, 0.3) is 0 Å². The number of hydrogen-bond acceptors (Lipinski definition) is 3. The third-order valence-corrected chi connectivity index (χ3v) is 7.72. The molecule has 0 heterocycles. The number of allylic oxidation sites excluding steroid dienone is 4. The lowest BCUT2D eigenvalue weighted by Gasteiger charge is -2.44. The van der Waals surface area contributed by atoms with Crippen LogP contribution in [0.1, 0.15) is 71.6 Å². The van der Waals surface area contributed by atoms with Crippen LogP contribution in [0.5, 0.6) is 0 Å². The van der Waals surface area contributed by atoms with Gasteiger partial charge in [-0.3, -0.25) is 4.79 Å². The van der Waals surface area contributed by atoms with Crippen LogP contribution in [-0.4, -0.2) is 23.8 Å². The SMILES string of the molecule is C=C1CCC(O)C/C1=C/C=C1\CCC[C@@]2(C)C1CCC2[C@H](C)CC(=O)NCN. The number of nitrogens with two attached hydrogens (primary N) is 1. The van der Waals surface area contributed by atoms with Crippen molar-refractivity contribution in [3.63, 3.8) is 0 Å². The van der Waals surface area contributed by atoms with Gasteiger partial charge >= 0.3 is 0 Å². The average Bonchev–Trinajstić information content (AvgIpc) is 3.00. The molecule has 0 bridgehead atoms. The van der Waals surface area contributed by atoms with Gasteiger partial charge in [0.1, 0.15) is 0 Å². The number of fused-ring (bicyclic) bond motifs is 1. The Morgan fingerprint density at radius 3 is 2.89 bits per heavy atom. The number of nitrogens with one attached hydrogen (secondary N) is 1. The Morgan fingerprint density at radius 1 is 1.36 bits per heavy atom. The standard InChI is InChI=1S/C24H38N2O2/c1-16-6-9-20(27)14-19(16)8-7-18-5-4-12-24(3)21(10-11-22(18)24)17(2)13-23(28)26-15-25/h7-8,17,20-22,27H,1,4-6,9-15,25H2,2-3H3,(H,26,28)/b18-7+,19-8-/t17-,20?,21?,22?,24-/m1/s1. The lowest BCUT2D eigenvalue weighted by molar-refractivity contribution is -0.122. The van der Waals surface area contributed by atoms with Gasteiger partial charge in [-0.2, -0.15) is 0 Å². The Labute approximate surface area is 170 Å². The molecule has 4 N–H and O–H groups in total. The molecule has 0 aromatic carbocycles. The number of aliphatic hydroxyl groups is 1. The highest BCUT2D eigenvalue weighted by molar-refractivity contribution is 5.76. The van der Waals surface area contributed by atoms with E-state index in [-0.39, 0.29) is 24.1 Å². The van der Waals surface area contributed by atoms with E-state index in [1.54, 1.807) is 5.57 Å². The predicted octanol–water partition coefficient (Wildman–Crippen LogP) is 4.22. The van der Waals surface area contributed by atoms with Crippen molar-refractivity contribution in [2.45, 2.75) is 77.7 Å². The first kappa shape index (κ1) is 21.3. The molecule has 0 aromatic heterocycles. The molecule has 3 rings (SSSR count). The highest BCUT2D eigenvalue weighted by Crippen LogP contribution is 2.59. The number of aliphatic hydroxyl groups excluding tert-OH is 1. The quantitative estimate of drug-likeness (QED) is 0.619. The van der Waals surface area contributed by atoms with Crippen LogP contribution < -0.4 is 11.1 Å². The van der Waals surface area contributed by atoms with Crippen molar-refractivity contribution in [2.75, 3.05) is 6.67 Å². The fraction of sp³-hybridized carbons (Fsp3) is 0.708. The van der Waals surface area contributed by atoms with Gasteiger partial charge < -0.3 is 16.2 Å². The number of carbonyl (C=O) groups excluding carboxylic acids is 1. The van der Waals surface area contributed by atoms with E-state index in [0.717, 1.165) is 19.3 Å². The van der Waals surface area contributed by atoms with E-state index in [2.05, 4.69) is 37.9 Å². The topological polar surface area (TPSA) is 75.3 Å². The minimum absolute atomic E-state index is 0.0766. The molecule has 5 atom stereocenters. The monoisotopic (exact) mass is 386 g/mol. The summed E-state index contributed by atoms with van der Waals surface area (Å²) in [6.07, 6.45) is 13.5. The van der Waals surface area contributed by atoms with Crippen LogP contribution in [0.3, 0.4) is 0 Å². The van der Waals surface area contributed by atoms with Crippen LogP contribution >= 0.6 is 0 Å². The maximum absolute atomic E-state index is 12.0. The maximum Gasteiger partial charge on any atom is 0.221 e. The molecule has 4 heteroatoms. The largest absolute Gasteiger partial charge is 0.393 e. The predicted molar refractivity (Wildman–Crippen MR) is 114 cm³/mol. The summed E-state index contributed by atoms with van der Waals surface area (Å²) >= 11 is 0. The smallest absolute Gasteiger partial charge is 0.221 e. The highest BCUT2D eigenvalue weighted by atomic mass is 16.3. The van der Waals surface area contributed by atoms with Gasteiger partial charge in [0.15, 0.2) is 0 Å². The molecule has 0 saturated heterocycles. The minimum Gasteiger partial charge on any atom is -0.393 e. The maximum atomic E-state index is 12.0. The second-order valence-electron chi connectivity index (χ2n) is 9.51. The van der Waals surface area contributed by atoms with Crippen molar-refractivity contribution in [3.05, 3.63) is 35.5 Å². The molecular weight excluding hydrogens is 348 g/mol. The molecule has 156 valence electrons. The third-order valence-electron chi connectivity index (χ3n) is 7.72. The number of amides is 1. The second kappa shape index (κ2) is 8.96. The summed E-state index contributed by atoms with van der Waals surface area (Å²) in [5, 5.41) is 12.7. The number of hydrogen-bond donors (Lipinski definition) is 3. The van der Waals surface area contributed by atoms with Gasteiger partial charge in [0.2, 0.25) is 5.91 Å². The van der Waals surface area contributed by atoms with Crippen molar-refractivity contribution >= 4 is 5.91 Å². The van der Waals surface area contributed by atoms with Crippen molar-refractivity contribution < 1.29 is 9.90 Å². The summed E-state index contributed by atoms with van der Waals surface area (Å²) in [6, 6.07) is 0. The zero-order chi connectivity index (χ0) is 20.3. The molecule has 1 amide bonds. The summed E-state index contributed by atoms with van der Waals surface area (Å²) in [6.45, 7) is 9.11. The summed E-state index contributed by atoms with van der Waals surface area (Å²) < 4.78 is 0. The summed E-state index contributed by atoms with van der Waals surface area (Å²) in [7, 11) is 0. The number of carbonyl (C=O) groups is 1. The minimum atomic E-state index is -0.219. The molecule has 3 aliphatic carbocycles. The van der Waals surface area contributed by atoms with Gasteiger partial charge in [0.25, 0.3) is 0 Å². The zero-order valence-electron chi connectivity index (χ0n) is 17.7. The Bertz CT molecular complexity index is 666. The fourth-order valence-corrected chi connectivity index (χ4v) is 6.23. The summed E-state index contributed by atoms with van der Waals surface area (Å²) in [5.41, 5.74) is 9.71. The normalized spacial score (nSPS) is 37.1. The number of rotatable bonds is 5. The van der Waals surface area contributed by atoms with Crippen LogP contribution in [-0.2, 0) is 4.79 Å². The van der Waals surface area contributed by atoms with Gasteiger partial charge in [-0.15, -0.1) is 0 Å². The zero-order valence-corrected chi connectivity index (χ0v) is 17.7. The van der Waals surface area contributed by atoms with E-state index < -0.39 is 0 Å². The molecule has 4 nitrogen and oxygen atoms in total. The van der Waals surface area contributed by atoms with Crippen molar-refractivity contribution in [1.82, 2.24) is 5.32 Å². The molecule has 0 aliphatic heterocycles. The lowest BCUT2D eigenvalue weighted by Crippen LogP contribution is -2.38. The molecule has 28 heavy (non-hydrogen) atoms. The van der Waals surface area contributed by atoms with Gasteiger partial charge in [-0.1, -0.05) is 43.7 Å². The van der Waals surface area contributed by atoms with Crippen molar-refractivity contribution in [1.29, 1.82) is 0 Å². The summed E-state index contributed by atoms with van der Waals surface area (Å²) in [5.74, 6) is 1.66. The van der Waals surface area contributed by atoms with E-state index in [4.69, 9.17) is 5.73 Å². The first-order valence-electron chi connectivity index (χ1n) is 11.1. The van der Waals surface area contributed by atoms with E-state index in [1.165, 1.54) is 43.3 Å². The average molecular weight is 387 g/mol. The highest BCUT2D eigenvalue weighted by Gasteiger charge is 2.50. The third kappa shape index (κ3) is 4.44. The van der Waals surface area contributed by atoms with E-state index in [9.17, 15) is 9.90 Å². The Balaban J connectivity index is 1.74. The molecule has 3 aliphatic rings. The van der Waals surface area contributed by atoms with Crippen LogP contribution in [0.2, 0.25) is 0 Å². The fourth-order valence-electron chi connectivity index (χ4n) is 6.23. The van der Waals surface area contributed by atoms with Crippen molar-refractivity contribution in [3.8, 4) is 0 Å². The first-order chi connectivity index (χ1) is 13.3. The van der Waals surface area contributed by atoms with E-state index >= 15 is 0 Å². The lowest BCUT2D eigenvalue weighted by atomic mass is 9.61. The Hall–Kier alpha value is -1.39. The molecule has 0 spiro atoms. The molecule has 0 aromatic rings. The molecule has 3 unspecified atom stereocenters. The molecule has 3 saturated carbocycles. The van der Waals surface area contributed by atoms with Crippen LogP contribution in [0.4, 0.5) is 0 Å². The van der Waals surface area contributed by atoms with E-state index in [0.29, 0.717) is 24.2 Å². The Kier molecular flexibility index (Phi) is 6.82. The first-order valence-corrected chi connectivity index (χ1v) is 11.1. The molecule has 0 radical (unpaired) electrons. The van der Waals surface area contributed by atoms with Gasteiger partial charge in [-0.25, -0.2) is 0 Å². The van der Waals surface area contributed by atoms with Crippen molar-refractivity contribution in [2.24, 2.45) is 28.9 Å². The molecular formula is C24H38N2O2. The van der Waals surface area contributed by atoms with E-state index in [1.807, 2.05) is 0 Å². The Morgan fingerprint density at radius 2 is 2.14 bits per heavy atom. The van der Waals surface area contributed by atoms with Gasteiger partial charge in [0.05, 0.1) is 12.8 Å². The second-order valence-corrected chi connectivity index (χ2v) is 9.51. The summed E-state index contributed by atoms with van der Waals surface area (Å²) in [4.78, 5) is 12.0. The molecule has 3 fully saturated rings. The van der Waals surface area contributed by atoms with Gasteiger partial charge in [-0.05, 0) is 80.1 Å². The van der Waals surface area contributed by atoms with Gasteiger partial charge in [0, 0.05) is 6.42 Å².